The summed E-state index contributed by atoms with van der Waals surface area (Å²) in [6.45, 7) is 0.572. The van der Waals surface area contributed by atoms with Crippen molar-refractivity contribution in [1.82, 2.24) is 15.1 Å². The molecule has 3 aromatic carbocycles. The van der Waals surface area contributed by atoms with Crippen LogP contribution >= 0.6 is 0 Å². The van der Waals surface area contributed by atoms with Gasteiger partial charge in [0.15, 0.2) is 11.4 Å². The molecule has 37 heavy (non-hydrogen) atoms. The zero-order chi connectivity index (χ0) is 25.5. The van der Waals surface area contributed by atoms with Gasteiger partial charge in [0, 0.05) is 11.3 Å². The fraction of sp³-hybridized carbons (Fsp3) is 0.0690. The number of para-hydroxylation sites is 1. The number of carbonyl (C=O) groups excluding carboxylic acids is 1. The fourth-order valence-electron chi connectivity index (χ4n) is 3.72. The Labute approximate surface area is 213 Å². The molecule has 0 radical (unpaired) electrons. The van der Waals surface area contributed by atoms with E-state index in [1.807, 2.05) is 48.5 Å². The molecule has 2 N–H and O–H groups in total. The molecular formula is C29H24N4O4. The highest BCUT2D eigenvalue weighted by atomic mass is 16.5. The Morgan fingerprint density at radius 3 is 2.46 bits per heavy atom. The Hall–Kier alpha value is -5.11. The predicted octanol–water partition coefficient (Wildman–Crippen LogP) is 5.35. The van der Waals surface area contributed by atoms with Crippen LogP contribution in [0.1, 0.15) is 21.7 Å². The summed E-state index contributed by atoms with van der Waals surface area (Å²) in [4.78, 5) is 26.2. The first-order chi connectivity index (χ1) is 18.2. The highest BCUT2D eigenvalue weighted by molar-refractivity contribution is 5.95. The molecule has 0 spiro atoms. The third-order valence-corrected chi connectivity index (χ3v) is 5.55. The van der Waals surface area contributed by atoms with Crippen molar-refractivity contribution < 1.29 is 13.9 Å². The van der Waals surface area contributed by atoms with Gasteiger partial charge in [-0.2, -0.15) is 5.10 Å². The number of nitrogens with one attached hydrogen (secondary N) is 2. The normalized spacial score (nSPS) is 10.6. The first-order valence-corrected chi connectivity index (χ1v) is 11.7. The van der Waals surface area contributed by atoms with Crippen LogP contribution in [0.25, 0.3) is 0 Å². The van der Waals surface area contributed by atoms with Gasteiger partial charge in [0.05, 0.1) is 25.5 Å². The first-order valence-electron chi connectivity index (χ1n) is 11.7. The maximum atomic E-state index is 13.5. The monoisotopic (exact) mass is 492 g/mol. The molecule has 0 aliphatic rings. The number of hydrogen-bond donors (Lipinski definition) is 2. The van der Waals surface area contributed by atoms with E-state index in [0.29, 0.717) is 29.3 Å². The Bertz CT molecular complexity index is 1530. The number of ether oxygens (including phenoxy) is 1. The van der Waals surface area contributed by atoms with E-state index in [1.165, 1.54) is 10.9 Å². The van der Waals surface area contributed by atoms with Gasteiger partial charge in [-0.25, -0.2) is 4.68 Å². The number of carbonyl (C=O) groups is 1. The smallest absolute Gasteiger partial charge is 0.294 e. The second kappa shape index (κ2) is 11.1. The van der Waals surface area contributed by atoms with Crippen LogP contribution in [0.3, 0.4) is 0 Å². The number of nitrogens with zero attached hydrogens (tertiary/aromatic N) is 2. The van der Waals surface area contributed by atoms with E-state index in [-0.39, 0.29) is 29.4 Å². The van der Waals surface area contributed by atoms with Gasteiger partial charge in [0.25, 0.3) is 11.5 Å². The van der Waals surface area contributed by atoms with Crippen LogP contribution in [0.2, 0.25) is 0 Å². The lowest BCUT2D eigenvalue weighted by Crippen LogP contribution is -2.26. The highest BCUT2D eigenvalue weighted by Crippen LogP contribution is 2.28. The lowest BCUT2D eigenvalue weighted by atomic mass is 10.2. The summed E-state index contributed by atoms with van der Waals surface area (Å²) in [6, 6.07) is 29.2. The van der Waals surface area contributed by atoms with E-state index >= 15 is 0 Å². The summed E-state index contributed by atoms with van der Waals surface area (Å²) >= 11 is 0. The Kier molecular flexibility index (Phi) is 7.08. The van der Waals surface area contributed by atoms with Crippen LogP contribution < -0.4 is 20.9 Å². The van der Waals surface area contributed by atoms with Gasteiger partial charge in [-0.15, -0.1) is 0 Å². The number of furan rings is 1. The molecule has 0 aliphatic carbocycles. The van der Waals surface area contributed by atoms with Gasteiger partial charge < -0.3 is 19.8 Å². The fourth-order valence-corrected chi connectivity index (χ4v) is 3.72. The molecule has 8 heteroatoms. The molecule has 184 valence electrons. The number of amides is 1. The van der Waals surface area contributed by atoms with E-state index in [1.54, 1.807) is 54.8 Å². The summed E-state index contributed by atoms with van der Waals surface area (Å²) in [7, 11) is 0. The molecule has 5 rings (SSSR count). The van der Waals surface area contributed by atoms with Crippen molar-refractivity contribution in [2.75, 3.05) is 5.32 Å². The summed E-state index contributed by atoms with van der Waals surface area (Å²) < 4.78 is 12.6. The minimum Gasteiger partial charge on any atom is -0.467 e. The van der Waals surface area contributed by atoms with Crippen LogP contribution in [-0.4, -0.2) is 15.7 Å². The third kappa shape index (κ3) is 5.94. The van der Waals surface area contributed by atoms with Gasteiger partial charge in [-0.1, -0.05) is 54.6 Å². The van der Waals surface area contributed by atoms with Gasteiger partial charge >= 0.3 is 0 Å². The lowest BCUT2D eigenvalue weighted by molar-refractivity contribution is 0.0948. The molecular weight excluding hydrogens is 468 g/mol. The van der Waals surface area contributed by atoms with Crippen LogP contribution in [0.5, 0.6) is 11.5 Å². The molecule has 0 aliphatic heterocycles. The highest BCUT2D eigenvalue weighted by Gasteiger charge is 2.16. The molecule has 5 aromatic rings. The number of rotatable bonds is 9. The van der Waals surface area contributed by atoms with Crippen molar-refractivity contribution in [2.45, 2.75) is 13.1 Å². The average molecular weight is 493 g/mol. The van der Waals surface area contributed by atoms with Crippen molar-refractivity contribution in [3.05, 3.63) is 137 Å². The van der Waals surface area contributed by atoms with Gasteiger partial charge in [0.2, 0.25) is 0 Å². The van der Waals surface area contributed by atoms with E-state index in [0.717, 1.165) is 5.56 Å². The molecule has 0 saturated carbocycles. The average Bonchev–Trinajstić information content (AvgIpc) is 3.46. The van der Waals surface area contributed by atoms with Crippen molar-refractivity contribution >= 4 is 17.3 Å². The molecule has 0 fully saturated rings. The largest absolute Gasteiger partial charge is 0.467 e. The third-order valence-electron chi connectivity index (χ3n) is 5.55. The molecule has 2 heterocycles. The molecule has 2 aromatic heterocycles. The van der Waals surface area contributed by atoms with Crippen LogP contribution in [0.15, 0.2) is 119 Å². The summed E-state index contributed by atoms with van der Waals surface area (Å²) in [5.41, 5.74) is 1.78. The summed E-state index contributed by atoms with van der Waals surface area (Å²) in [6.07, 6.45) is 3.07. The predicted molar refractivity (Wildman–Crippen MR) is 140 cm³/mol. The van der Waals surface area contributed by atoms with E-state index in [2.05, 4.69) is 15.7 Å². The molecule has 0 unspecified atom stereocenters. The zero-order valence-corrected chi connectivity index (χ0v) is 19.8. The summed E-state index contributed by atoms with van der Waals surface area (Å²) in [5.74, 6) is 1.23. The van der Waals surface area contributed by atoms with Gasteiger partial charge in [-0.05, 0) is 48.0 Å². The van der Waals surface area contributed by atoms with Crippen LogP contribution in [0.4, 0.5) is 11.4 Å². The number of anilines is 2. The topological polar surface area (TPSA) is 98.4 Å². The Morgan fingerprint density at radius 2 is 1.70 bits per heavy atom. The zero-order valence-electron chi connectivity index (χ0n) is 19.8. The molecule has 0 atom stereocenters. The van der Waals surface area contributed by atoms with Crippen LogP contribution in [-0.2, 0) is 13.1 Å². The number of aromatic nitrogens is 2. The van der Waals surface area contributed by atoms with Crippen molar-refractivity contribution in [3.63, 3.8) is 0 Å². The second-order valence-corrected chi connectivity index (χ2v) is 8.22. The quantitative estimate of drug-likeness (QED) is 0.288. The van der Waals surface area contributed by atoms with Gasteiger partial charge in [0.1, 0.15) is 11.5 Å². The molecule has 0 bridgehead atoms. The van der Waals surface area contributed by atoms with E-state index in [4.69, 9.17) is 9.15 Å². The molecule has 1 amide bonds. The van der Waals surface area contributed by atoms with E-state index < -0.39 is 0 Å². The maximum absolute atomic E-state index is 13.5. The van der Waals surface area contributed by atoms with Crippen molar-refractivity contribution in [2.24, 2.45) is 0 Å². The number of benzene rings is 3. The minimum atomic E-state index is -0.357. The minimum absolute atomic E-state index is 0.211. The van der Waals surface area contributed by atoms with Crippen molar-refractivity contribution in [3.8, 4) is 11.5 Å². The molecule has 8 nitrogen and oxygen atoms in total. The Morgan fingerprint density at radius 1 is 0.919 bits per heavy atom. The molecule has 0 saturated heterocycles. The lowest BCUT2D eigenvalue weighted by Gasteiger charge is -2.15. The van der Waals surface area contributed by atoms with E-state index in [9.17, 15) is 9.59 Å². The second-order valence-electron chi connectivity index (χ2n) is 8.22. The summed E-state index contributed by atoms with van der Waals surface area (Å²) in [5, 5.41) is 10.3. The van der Waals surface area contributed by atoms with Crippen molar-refractivity contribution in [1.29, 1.82) is 0 Å². The number of hydrogen-bond acceptors (Lipinski definition) is 6. The van der Waals surface area contributed by atoms with Crippen LogP contribution in [0, 0.1) is 0 Å². The maximum Gasteiger partial charge on any atom is 0.294 e. The van der Waals surface area contributed by atoms with Gasteiger partial charge in [-0.3, -0.25) is 9.59 Å². The Balaban J connectivity index is 1.43. The standard InChI is InChI=1S/C29H24N4O4/c34-28(30-18-25-15-8-16-36-25)22-11-7-12-23(17-22)32-27-26(37-24-13-5-2-6-14-24)19-31-33(29(27)35)20-21-9-3-1-4-10-21/h1-17,19,32H,18,20H2,(H,30,34). The first kappa shape index (κ1) is 23.6. The SMILES string of the molecule is O=C(NCc1ccco1)c1cccc(Nc2c(Oc3ccccc3)cnn(Cc3ccccc3)c2=O)c1.